The van der Waals surface area contributed by atoms with Gasteiger partial charge in [0.2, 0.25) is 5.95 Å². The minimum atomic E-state index is -4.43. The van der Waals surface area contributed by atoms with Gasteiger partial charge in [-0.3, -0.25) is 0 Å². The van der Waals surface area contributed by atoms with Crippen molar-refractivity contribution in [3.05, 3.63) is 18.0 Å². The molecule has 0 radical (unpaired) electrons. The fourth-order valence-electron chi connectivity index (χ4n) is 2.43. The molecule has 1 aromatic rings. The van der Waals surface area contributed by atoms with Crippen LogP contribution in [0.2, 0.25) is 18.1 Å². The maximum absolute atomic E-state index is 12.6. The van der Waals surface area contributed by atoms with Gasteiger partial charge in [0, 0.05) is 31.5 Å². The zero-order chi connectivity index (χ0) is 19.0. The molecule has 9 heteroatoms. The fourth-order valence-corrected chi connectivity index (χ4v) is 3.79. The van der Waals surface area contributed by atoms with Crippen LogP contribution < -0.4 is 10.6 Å². The number of nitrogens with zero attached hydrogens (tertiary/aromatic N) is 3. The molecule has 1 aromatic heterocycles. The molecule has 1 fully saturated rings. The normalized spacial score (nSPS) is 23.0. The standard InChI is InChI=1S/C16H27F3N4OSi/c1-15(2,3)25(4,5)24-13-10-23(7-6-12(13)20)14-21-8-11(9-22-14)16(17,18)19/h8-9,12-13H,6-7,10,20H2,1-5H3/t12-,13+/m0/s1. The highest BCUT2D eigenvalue weighted by Crippen LogP contribution is 2.38. The third-order valence-corrected chi connectivity index (χ3v) is 9.62. The first-order chi connectivity index (χ1) is 11.3. The molecule has 2 rings (SSSR count). The number of nitrogens with two attached hydrogens (primary N) is 1. The quantitative estimate of drug-likeness (QED) is 0.819. The second kappa shape index (κ2) is 6.84. The first-order valence-electron chi connectivity index (χ1n) is 8.39. The maximum Gasteiger partial charge on any atom is 0.419 e. The SMILES string of the molecule is CC(C)(C)[Si](C)(C)O[C@@H]1CN(c2ncc(C(F)(F)F)cn2)CC[C@@H]1N. The lowest BCUT2D eigenvalue weighted by Gasteiger charge is -2.44. The summed E-state index contributed by atoms with van der Waals surface area (Å²) < 4.78 is 44.4. The Labute approximate surface area is 147 Å². The van der Waals surface area contributed by atoms with E-state index in [0.717, 1.165) is 12.4 Å². The van der Waals surface area contributed by atoms with Crippen LogP contribution in [0.25, 0.3) is 0 Å². The third-order valence-electron chi connectivity index (χ3n) is 5.11. The van der Waals surface area contributed by atoms with Crippen LogP contribution in [0.5, 0.6) is 0 Å². The van der Waals surface area contributed by atoms with Crippen LogP contribution in [0.3, 0.4) is 0 Å². The summed E-state index contributed by atoms with van der Waals surface area (Å²) in [5.74, 6) is 0.281. The lowest BCUT2D eigenvalue weighted by molar-refractivity contribution is -0.138. The van der Waals surface area contributed by atoms with Crippen LogP contribution in [0.4, 0.5) is 19.1 Å². The van der Waals surface area contributed by atoms with E-state index in [0.29, 0.717) is 19.5 Å². The van der Waals surface area contributed by atoms with Crippen molar-refractivity contribution in [1.29, 1.82) is 0 Å². The monoisotopic (exact) mass is 376 g/mol. The zero-order valence-corrected chi connectivity index (χ0v) is 16.4. The van der Waals surface area contributed by atoms with Crippen LogP contribution in [-0.2, 0) is 10.6 Å². The predicted octanol–water partition coefficient (Wildman–Crippen LogP) is 3.42. The Morgan fingerprint density at radius 3 is 2.24 bits per heavy atom. The molecule has 1 aliphatic rings. The van der Waals surface area contributed by atoms with Crippen LogP contribution in [0.1, 0.15) is 32.8 Å². The molecule has 142 valence electrons. The van der Waals surface area contributed by atoms with Gasteiger partial charge in [0.1, 0.15) is 0 Å². The second-order valence-corrected chi connectivity index (χ2v) is 12.8. The number of hydrogen-bond donors (Lipinski definition) is 1. The van der Waals surface area contributed by atoms with Gasteiger partial charge in [0.05, 0.1) is 11.7 Å². The van der Waals surface area contributed by atoms with Gasteiger partial charge < -0.3 is 15.1 Å². The number of piperidine rings is 1. The van der Waals surface area contributed by atoms with Crippen molar-refractivity contribution in [2.45, 2.75) is 63.6 Å². The van der Waals surface area contributed by atoms with E-state index in [1.807, 2.05) is 4.90 Å². The van der Waals surface area contributed by atoms with Gasteiger partial charge >= 0.3 is 6.18 Å². The number of halogens is 3. The van der Waals surface area contributed by atoms with Crippen LogP contribution in [0, 0.1) is 0 Å². The molecule has 2 atom stereocenters. The largest absolute Gasteiger partial charge is 0.419 e. The molecule has 25 heavy (non-hydrogen) atoms. The maximum atomic E-state index is 12.6. The number of alkyl halides is 3. The summed E-state index contributed by atoms with van der Waals surface area (Å²) in [5.41, 5.74) is 5.38. The molecule has 1 aliphatic heterocycles. The molecule has 2 heterocycles. The fraction of sp³-hybridized carbons (Fsp3) is 0.750. The van der Waals surface area contributed by atoms with Gasteiger partial charge in [-0.1, -0.05) is 20.8 Å². The lowest BCUT2D eigenvalue weighted by atomic mass is 10.0. The van der Waals surface area contributed by atoms with E-state index in [-0.39, 0.29) is 23.1 Å². The summed E-state index contributed by atoms with van der Waals surface area (Å²) in [4.78, 5) is 9.62. The highest BCUT2D eigenvalue weighted by molar-refractivity contribution is 6.74. The first-order valence-corrected chi connectivity index (χ1v) is 11.3. The number of hydrogen-bond acceptors (Lipinski definition) is 5. The smallest absolute Gasteiger partial charge is 0.411 e. The average Bonchev–Trinajstić information content (AvgIpc) is 2.47. The molecule has 0 aliphatic carbocycles. The summed E-state index contributed by atoms with van der Waals surface area (Å²) >= 11 is 0. The van der Waals surface area contributed by atoms with Crippen molar-refractivity contribution in [3.63, 3.8) is 0 Å². The average molecular weight is 376 g/mol. The molecular weight excluding hydrogens is 349 g/mol. The summed E-state index contributed by atoms with van der Waals surface area (Å²) in [6.45, 7) is 11.9. The Hall–Kier alpha value is -1.19. The highest BCUT2D eigenvalue weighted by Gasteiger charge is 2.42. The minimum absolute atomic E-state index is 0.0554. The summed E-state index contributed by atoms with van der Waals surface area (Å²) in [7, 11) is -1.99. The lowest BCUT2D eigenvalue weighted by Crippen LogP contribution is -2.57. The summed E-state index contributed by atoms with van der Waals surface area (Å²) in [6.07, 6.45) is -2.29. The van der Waals surface area contributed by atoms with Gasteiger partial charge in [-0.15, -0.1) is 0 Å². The van der Waals surface area contributed by atoms with Crippen molar-refractivity contribution in [2.75, 3.05) is 18.0 Å². The van der Waals surface area contributed by atoms with E-state index < -0.39 is 20.1 Å². The van der Waals surface area contributed by atoms with E-state index in [1.165, 1.54) is 0 Å². The number of aromatic nitrogens is 2. The van der Waals surface area contributed by atoms with Gasteiger partial charge in [-0.25, -0.2) is 9.97 Å². The molecule has 0 aromatic carbocycles. The Balaban J connectivity index is 2.12. The minimum Gasteiger partial charge on any atom is -0.411 e. The van der Waals surface area contributed by atoms with Crippen LogP contribution in [-0.4, -0.2) is 43.5 Å². The Kier molecular flexibility index (Phi) is 5.51. The van der Waals surface area contributed by atoms with Crippen LogP contribution in [0.15, 0.2) is 12.4 Å². The van der Waals surface area contributed by atoms with Crippen molar-refractivity contribution >= 4 is 14.3 Å². The van der Waals surface area contributed by atoms with Gasteiger partial charge in [-0.2, -0.15) is 13.2 Å². The molecule has 0 saturated carbocycles. The van der Waals surface area contributed by atoms with Crippen molar-refractivity contribution in [2.24, 2.45) is 5.73 Å². The summed E-state index contributed by atoms with van der Waals surface area (Å²) in [5, 5.41) is 0.0554. The van der Waals surface area contributed by atoms with E-state index in [9.17, 15) is 13.2 Å². The van der Waals surface area contributed by atoms with E-state index in [4.69, 9.17) is 10.2 Å². The van der Waals surface area contributed by atoms with Crippen molar-refractivity contribution in [1.82, 2.24) is 9.97 Å². The Morgan fingerprint density at radius 2 is 1.76 bits per heavy atom. The molecule has 0 unspecified atom stereocenters. The summed E-state index contributed by atoms with van der Waals surface area (Å²) in [6, 6.07) is -0.0974. The molecule has 2 N–H and O–H groups in total. The van der Waals surface area contributed by atoms with Gasteiger partial charge in [0.15, 0.2) is 8.32 Å². The highest BCUT2D eigenvalue weighted by atomic mass is 28.4. The molecule has 0 spiro atoms. The van der Waals surface area contributed by atoms with Gasteiger partial charge in [0.25, 0.3) is 0 Å². The zero-order valence-electron chi connectivity index (χ0n) is 15.4. The van der Waals surface area contributed by atoms with Crippen molar-refractivity contribution < 1.29 is 17.6 Å². The third kappa shape index (κ3) is 4.71. The van der Waals surface area contributed by atoms with E-state index in [1.54, 1.807) is 0 Å². The number of rotatable bonds is 3. The predicted molar refractivity (Wildman–Crippen MR) is 93.9 cm³/mol. The van der Waals surface area contributed by atoms with E-state index >= 15 is 0 Å². The topological polar surface area (TPSA) is 64.3 Å². The number of anilines is 1. The Bertz CT molecular complexity index is 587. The first kappa shape index (κ1) is 20.1. The molecule has 0 bridgehead atoms. The molecular formula is C16H27F3N4OSi. The molecule has 1 saturated heterocycles. The van der Waals surface area contributed by atoms with Gasteiger partial charge in [-0.05, 0) is 24.6 Å². The molecule has 5 nitrogen and oxygen atoms in total. The molecule has 0 amide bonds. The van der Waals surface area contributed by atoms with Crippen LogP contribution >= 0.6 is 0 Å². The van der Waals surface area contributed by atoms with E-state index in [2.05, 4.69) is 43.8 Å². The Morgan fingerprint density at radius 1 is 1.20 bits per heavy atom. The van der Waals surface area contributed by atoms with Crippen molar-refractivity contribution in [3.8, 4) is 0 Å². The second-order valence-electron chi connectivity index (χ2n) is 8.08.